The van der Waals surface area contributed by atoms with Crippen molar-refractivity contribution >= 4 is 28.2 Å². The Kier molecular flexibility index (Phi) is 8.08. The van der Waals surface area contributed by atoms with E-state index >= 15 is 0 Å². The number of fused-ring (bicyclic) bond motifs is 1. The molecule has 1 aliphatic rings. The third-order valence-corrected chi connectivity index (χ3v) is 6.93. The van der Waals surface area contributed by atoms with Gasteiger partial charge >= 0.3 is 0 Å². The molecule has 0 saturated heterocycles. The summed E-state index contributed by atoms with van der Waals surface area (Å²) in [6.45, 7) is 1.09. The lowest BCUT2D eigenvalue weighted by molar-refractivity contribution is -0.116. The van der Waals surface area contributed by atoms with Crippen LogP contribution in [0, 0.1) is 5.82 Å². The molecule has 7 nitrogen and oxygen atoms in total. The number of nitrogens with zero attached hydrogens (tertiary/aromatic N) is 1. The molecule has 180 valence electrons. The van der Waals surface area contributed by atoms with Gasteiger partial charge in [0.1, 0.15) is 10.8 Å². The average Bonchev–Trinajstić information content (AvgIpc) is 3.45. The van der Waals surface area contributed by atoms with Crippen molar-refractivity contribution < 1.29 is 23.1 Å². The highest BCUT2D eigenvalue weighted by molar-refractivity contribution is 7.17. The van der Waals surface area contributed by atoms with Gasteiger partial charge < -0.3 is 19.8 Å². The number of carbonyl (C=O) groups is 2. The Morgan fingerprint density at radius 3 is 2.88 bits per heavy atom. The molecule has 34 heavy (non-hydrogen) atoms. The lowest BCUT2D eigenvalue weighted by Gasteiger charge is -2.13. The number of nitrogens with one attached hydrogen (secondary N) is 2. The zero-order chi connectivity index (χ0) is 23.9. The Bertz CT molecular complexity index is 1160. The molecule has 0 aliphatic heterocycles. The number of halogens is 1. The largest absolute Gasteiger partial charge is 0.441 e. The molecule has 2 amide bonds. The molecule has 0 radical (unpaired) electrons. The van der Waals surface area contributed by atoms with Crippen LogP contribution in [0.4, 0.5) is 9.39 Å². The number of oxazole rings is 1. The van der Waals surface area contributed by atoms with Crippen LogP contribution >= 0.6 is 11.3 Å². The van der Waals surface area contributed by atoms with Crippen LogP contribution < -0.4 is 10.6 Å². The Hall–Kier alpha value is -3.04. The standard InChI is InChI=1S/C25H28FN3O4S/c1-32-14-6-13-27-24(31)23-17-8-3-5-10-20(17)34-25(23)29-21(30)11-12-22-28-15-19(33-22)16-7-2-4-9-18(16)26/h2,4,7,9,15H,3,5-6,8,10-14H2,1H3,(H,27,31)(H,29,30). The Morgan fingerprint density at radius 1 is 1.24 bits per heavy atom. The van der Waals surface area contributed by atoms with Crippen LogP contribution in [-0.4, -0.2) is 37.1 Å². The number of hydrogen-bond acceptors (Lipinski definition) is 6. The number of aryl methyl sites for hydroxylation is 2. The minimum atomic E-state index is -0.391. The minimum Gasteiger partial charge on any atom is -0.441 e. The van der Waals surface area contributed by atoms with Crippen molar-refractivity contribution in [3.8, 4) is 11.3 Å². The number of thiophene rings is 1. The quantitative estimate of drug-likeness (QED) is 0.404. The van der Waals surface area contributed by atoms with Gasteiger partial charge in [0.15, 0.2) is 11.7 Å². The van der Waals surface area contributed by atoms with Crippen LogP contribution in [0.1, 0.15) is 52.4 Å². The van der Waals surface area contributed by atoms with Gasteiger partial charge in [-0.3, -0.25) is 9.59 Å². The normalized spacial score (nSPS) is 12.9. The summed E-state index contributed by atoms with van der Waals surface area (Å²) in [6, 6.07) is 6.31. The van der Waals surface area contributed by atoms with Crippen LogP contribution in [0.3, 0.4) is 0 Å². The third-order valence-electron chi connectivity index (χ3n) is 5.72. The van der Waals surface area contributed by atoms with Gasteiger partial charge in [0.25, 0.3) is 5.91 Å². The number of rotatable bonds is 10. The minimum absolute atomic E-state index is 0.134. The summed E-state index contributed by atoms with van der Waals surface area (Å²) in [7, 11) is 1.63. The van der Waals surface area contributed by atoms with Gasteiger partial charge in [-0.1, -0.05) is 12.1 Å². The Balaban J connectivity index is 1.40. The van der Waals surface area contributed by atoms with E-state index in [1.54, 1.807) is 25.3 Å². The number of hydrogen-bond donors (Lipinski definition) is 2. The number of carbonyl (C=O) groups excluding carboxylic acids is 2. The van der Waals surface area contributed by atoms with Gasteiger partial charge in [-0.25, -0.2) is 9.37 Å². The molecule has 0 unspecified atom stereocenters. The smallest absolute Gasteiger partial charge is 0.254 e. The van der Waals surface area contributed by atoms with E-state index in [9.17, 15) is 14.0 Å². The van der Waals surface area contributed by atoms with Crippen molar-refractivity contribution in [2.24, 2.45) is 0 Å². The maximum Gasteiger partial charge on any atom is 0.254 e. The highest BCUT2D eigenvalue weighted by atomic mass is 32.1. The molecule has 1 aliphatic carbocycles. The second-order valence-electron chi connectivity index (χ2n) is 8.16. The van der Waals surface area contributed by atoms with E-state index in [1.807, 2.05) is 0 Å². The Morgan fingerprint density at radius 2 is 2.06 bits per heavy atom. The van der Waals surface area contributed by atoms with Gasteiger partial charge in [-0.2, -0.15) is 0 Å². The molecule has 4 rings (SSSR count). The van der Waals surface area contributed by atoms with E-state index in [0.717, 1.165) is 37.7 Å². The highest BCUT2D eigenvalue weighted by Crippen LogP contribution is 2.38. The summed E-state index contributed by atoms with van der Waals surface area (Å²) < 4.78 is 24.6. The first-order valence-electron chi connectivity index (χ1n) is 11.5. The van der Waals surface area contributed by atoms with E-state index in [0.29, 0.717) is 40.9 Å². The molecule has 0 bridgehead atoms. The van der Waals surface area contributed by atoms with E-state index in [2.05, 4.69) is 15.6 Å². The summed E-state index contributed by atoms with van der Waals surface area (Å²) in [5.74, 6) is -0.0924. The fourth-order valence-corrected chi connectivity index (χ4v) is 5.32. The van der Waals surface area contributed by atoms with E-state index < -0.39 is 5.82 Å². The molecule has 0 spiro atoms. The molecule has 2 aromatic heterocycles. The molecule has 1 aromatic carbocycles. The molecular formula is C25H28FN3O4S. The molecule has 0 fully saturated rings. The van der Waals surface area contributed by atoms with Gasteiger partial charge in [-0.05, 0) is 49.8 Å². The van der Waals surface area contributed by atoms with E-state index in [1.165, 1.54) is 28.5 Å². The summed E-state index contributed by atoms with van der Waals surface area (Å²) >= 11 is 1.49. The third kappa shape index (κ3) is 5.71. The lowest BCUT2D eigenvalue weighted by atomic mass is 9.95. The average molecular weight is 486 g/mol. The summed E-state index contributed by atoms with van der Waals surface area (Å²) in [6.07, 6.45) is 6.48. The van der Waals surface area contributed by atoms with Gasteiger partial charge in [0, 0.05) is 38.0 Å². The van der Waals surface area contributed by atoms with Crippen LogP contribution in [-0.2, 0) is 28.8 Å². The van der Waals surface area contributed by atoms with Crippen molar-refractivity contribution in [2.45, 2.75) is 44.9 Å². The molecule has 0 saturated carbocycles. The van der Waals surface area contributed by atoms with Gasteiger partial charge in [-0.15, -0.1) is 11.3 Å². The predicted octanol–water partition coefficient (Wildman–Crippen LogP) is 4.76. The lowest BCUT2D eigenvalue weighted by Crippen LogP contribution is -2.27. The van der Waals surface area contributed by atoms with Crippen LogP contribution in [0.25, 0.3) is 11.3 Å². The van der Waals surface area contributed by atoms with Crippen molar-refractivity contribution in [1.82, 2.24) is 10.3 Å². The molecule has 3 aromatic rings. The zero-order valence-corrected chi connectivity index (χ0v) is 19.9. The van der Waals surface area contributed by atoms with Crippen molar-refractivity contribution in [3.05, 3.63) is 58.2 Å². The molecule has 2 N–H and O–H groups in total. The van der Waals surface area contributed by atoms with Gasteiger partial charge in [0.2, 0.25) is 5.91 Å². The topological polar surface area (TPSA) is 93.5 Å². The first-order chi connectivity index (χ1) is 16.6. The maximum atomic E-state index is 14.0. The van der Waals surface area contributed by atoms with Crippen molar-refractivity contribution in [1.29, 1.82) is 0 Å². The Labute approximate surface area is 201 Å². The summed E-state index contributed by atoms with van der Waals surface area (Å²) in [5.41, 5.74) is 1.97. The highest BCUT2D eigenvalue weighted by Gasteiger charge is 2.26. The fourth-order valence-electron chi connectivity index (χ4n) is 4.02. The SMILES string of the molecule is COCCCNC(=O)c1c(NC(=O)CCc2ncc(-c3ccccc3F)o2)sc2c1CCCC2. The molecule has 0 atom stereocenters. The molecule has 2 heterocycles. The summed E-state index contributed by atoms with van der Waals surface area (Å²) in [5, 5.41) is 6.48. The van der Waals surface area contributed by atoms with Crippen LogP contribution in [0.15, 0.2) is 34.9 Å². The number of aromatic nitrogens is 1. The summed E-state index contributed by atoms with van der Waals surface area (Å²) in [4.78, 5) is 31.0. The number of ether oxygens (including phenoxy) is 1. The first kappa shape index (κ1) is 24.1. The second kappa shape index (κ2) is 11.4. The maximum absolute atomic E-state index is 14.0. The second-order valence-corrected chi connectivity index (χ2v) is 9.27. The monoisotopic (exact) mass is 485 g/mol. The predicted molar refractivity (Wildman–Crippen MR) is 129 cm³/mol. The molecular weight excluding hydrogens is 457 g/mol. The van der Waals surface area contributed by atoms with Crippen molar-refractivity contribution in [3.63, 3.8) is 0 Å². The van der Waals surface area contributed by atoms with Crippen LogP contribution in [0.2, 0.25) is 0 Å². The number of anilines is 1. The number of amides is 2. The van der Waals surface area contributed by atoms with Crippen molar-refractivity contribution in [2.75, 3.05) is 25.6 Å². The first-order valence-corrected chi connectivity index (χ1v) is 12.3. The van der Waals surface area contributed by atoms with Gasteiger partial charge in [0.05, 0.1) is 17.3 Å². The fraction of sp³-hybridized carbons (Fsp3) is 0.400. The number of methoxy groups -OCH3 is 1. The number of benzene rings is 1. The molecule has 9 heteroatoms. The van der Waals surface area contributed by atoms with E-state index in [-0.39, 0.29) is 24.7 Å². The van der Waals surface area contributed by atoms with E-state index in [4.69, 9.17) is 9.15 Å². The van der Waals surface area contributed by atoms with Crippen LogP contribution in [0.5, 0.6) is 0 Å². The zero-order valence-electron chi connectivity index (χ0n) is 19.1.